The van der Waals surface area contributed by atoms with E-state index in [0.717, 1.165) is 0 Å². The number of halogens is 4. The fraction of sp³-hybridized carbons (Fsp3) is 0.0714. The van der Waals surface area contributed by atoms with Gasteiger partial charge in [-0.15, -0.1) is 0 Å². The lowest BCUT2D eigenvalue weighted by Gasteiger charge is -2.11. The zero-order chi connectivity index (χ0) is 15.7. The molecule has 0 aliphatic carbocycles. The van der Waals surface area contributed by atoms with Gasteiger partial charge in [0.2, 0.25) is 0 Å². The summed E-state index contributed by atoms with van der Waals surface area (Å²) < 4.78 is 28.0. The van der Waals surface area contributed by atoms with Crippen LogP contribution in [0.3, 0.4) is 0 Å². The molecule has 0 unspecified atom stereocenters. The Kier molecular flexibility index (Phi) is 4.63. The second-order valence-corrected chi connectivity index (χ2v) is 6.10. The number of carbonyl (C=O) groups excluding carboxylic acids is 1. The number of hydrogen-bond acceptors (Lipinski definition) is 2. The van der Waals surface area contributed by atoms with Crippen LogP contribution in [0.15, 0.2) is 33.2 Å². The zero-order valence-electron chi connectivity index (χ0n) is 10.8. The third-order valence-corrected chi connectivity index (χ3v) is 4.05. The summed E-state index contributed by atoms with van der Waals surface area (Å²) in [4.78, 5) is 12.1. The van der Waals surface area contributed by atoms with Gasteiger partial charge in [0.15, 0.2) is 0 Å². The maximum Gasteiger partial charge on any atom is 0.258 e. The number of nitrogens with two attached hydrogens (primary N) is 1. The minimum absolute atomic E-state index is 0.192. The number of hydrogen-bond donors (Lipinski definition) is 2. The molecule has 1 amide bonds. The molecule has 0 aromatic heterocycles. The molecule has 0 radical (unpaired) electrons. The molecule has 0 aliphatic heterocycles. The van der Waals surface area contributed by atoms with Crippen LogP contribution in [0.2, 0.25) is 0 Å². The van der Waals surface area contributed by atoms with Crippen molar-refractivity contribution in [2.45, 2.75) is 6.92 Å². The Labute approximate surface area is 136 Å². The minimum atomic E-state index is -0.918. The number of rotatable bonds is 2. The molecule has 0 saturated carbocycles. The lowest BCUT2D eigenvalue weighted by molar-refractivity contribution is 0.102. The Morgan fingerprint density at radius 3 is 2.24 bits per heavy atom. The number of amides is 1. The fourth-order valence-electron chi connectivity index (χ4n) is 1.72. The third-order valence-electron chi connectivity index (χ3n) is 2.80. The topological polar surface area (TPSA) is 55.1 Å². The van der Waals surface area contributed by atoms with Crippen LogP contribution in [-0.2, 0) is 0 Å². The molecule has 21 heavy (non-hydrogen) atoms. The van der Waals surface area contributed by atoms with Gasteiger partial charge < -0.3 is 11.1 Å². The molecule has 7 heteroatoms. The molecule has 110 valence electrons. The van der Waals surface area contributed by atoms with Gasteiger partial charge in [-0.25, -0.2) is 8.78 Å². The fourth-order valence-corrected chi connectivity index (χ4v) is 3.14. The van der Waals surface area contributed by atoms with E-state index >= 15 is 0 Å². The predicted octanol–water partition coefficient (Wildman–Crippen LogP) is 4.63. The average molecular weight is 420 g/mol. The number of anilines is 2. The van der Waals surface area contributed by atoms with Crippen LogP contribution in [0, 0.1) is 18.6 Å². The van der Waals surface area contributed by atoms with Crippen molar-refractivity contribution in [3.63, 3.8) is 0 Å². The highest BCUT2D eigenvalue weighted by Crippen LogP contribution is 2.33. The van der Waals surface area contributed by atoms with E-state index in [9.17, 15) is 13.6 Å². The Bertz CT molecular complexity index is 712. The summed E-state index contributed by atoms with van der Waals surface area (Å²) in [5.74, 6) is -2.29. The molecule has 2 aromatic carbocycles. The highest BCUT2D eigenvalue weighted by atomic mass is 79.9. The van der Waals surface area contributed by atoms with Crippen molar-refractivity contribution in [3.05, 3.63) is 56.0 Å². The van der Waals surface area contributed by atoms with Crippen LogP contribution < -0.4 is 11.1 Å². The van der Waals surface area contributed by atoms with Gasteiger partial charge >= 0.3 is 0 Å². The van der Waals surface area contributed by atoms with Gasteiger partial charge in [-0.2, -0.15) is 0 Å². The highest BCUT2D eigenvalue weighted by Gasteiger charge is 2.17. The quantitative estimate of drug-likeness (QED) is 0.697. The van der Waals surface area contributed by atoms with Gasteiger partial charge in [0.05, 0.1) is 11.3 Å². The minimum Gasteiger partial charge on any atom is -0.399 e. The maximum atomic E-state index is 13.7. The van der Waals surface area contributed by atoms with E-state index < -0.39 is 17.5 Å². The monoisotopic (exact) mass is 418 g/mol. The Morgan fingerprint density at radius 2 is 1.67 bits per heavy atom. The summed E-state index contributed by atoms with van der Waals surface area (Å²) in [6.07, 6.45) is 0. The highest BCUT2D eigenvalue weighted by molar-refractivity contribution is 9.11. The van der Waals surface area contributed by atoms with E-state index in [1.54, 1.807) is 12.1 Å². The van der Waals surface area contributed by atoms with E-state index in [-0.39, 0.29) is 11.1 Å². The van der Waals surface area contributed by atoms with Crippen molar-refractivity contribution in [1.82, 2.24) is 0 Å². The number of carbonyl (C=O) groups is 1. The summed E-state index contributed by atoms with van der Waals surface area (Å²) in [7, 11) is 0. The second kappa shape index (κ2) is 6.11. The van der Waals surface area contributed by atoms with Crippen molar-refractivity contribution in [2.24, 2.45) is 0 Å². The Hall–Kier alpha value is -1.47. The lowest BCUT2D eigenvalue weighted by Crippen LogP contribution is -2.15. The van der Waals surface area contributed by atoms with Gasteiger partial charge in [-0.1, -0.05) is 0 Å². The van der Waals surface area contributed by atoms with E-state index in [4.69, 9.17) is 5.73 Å². The Morgan fingerprint density at radius 1 is 1.10 bits per heavy atom. The van der Waals surface area contributed by atoms with Crippen molar-refractivity contribution in [1.29, 1.82) is 0 Å². The standard InChI is InChI=1S/C14H10Br2F2N2O/c1-6-2-8(12(18)5-11(6)17)14(21)20-13-9(15)3-7(19)4-10(13)16/h2-5H,19H2,1H3,(H,20,21). The molecule has 2 rings (SSSR count). The van der Waals surface area contributed by atoms with Crippen LogP contribution in [0.4, 0.5) is 20.2 Å². The summed E-state index contributed by atoms with van der Waals surface area (Å²) >= 11 is 6.53. The van der Waals surface area contributed by atoms with E-state index in [2.05, 4.69) is 37.2 Å². The predicted molar refractivity (Wildman–Crippen MR) is 85.3 cm³/mol. The molecule has 0 saturated heterocycles. The van der Waals surface area contributed by atoms with E-state index in [1.807, 2.05) is 0 Å². The first kappa shape index (κ1) is 15.9. The van der Waals surface area contributed by atoms with Crippen LogP contribution in [0.5, 0.6) is 0 Å². The van der Waals surface area contributed by atoms with Crippen LogP contribution in [0.1, 0.15) is 15.9 Å². The molecular weight excluding hydrogens is 410 g/mol. The number of benzene rings is 2. The largest absolute Gasteiger partial charge is 0.399 e. The number of aryl methyl sites for hydroxylation is 1. The van der Waals surface area contributed by atoms with Crippen LogP contribution in [0.25, 0.3) is 0 Å². The van der Waals surface area contributed by atoms with Crippen LogP contribution in [-0.4, -0.2) is 5.91 Å². The van der Waals surface area contributed by atoms with Crippen molar-refractivity contribution >= 4 is 49.1 Å². The molecule has 0 atom stereocenters. The molecule has 3 nitrogen and oxygen atoms in total. The second-order valence-electron chi connectivity index (χ2n) is 4.39. The summed E-state index contributed by atoms with van der Waals surface area (Å²) in [5, 5.41) is 2.56. The van der Waals surface area contributed by atoms with Crippen molar-refractivity contribution in [2.75, 3.05) is 11.1 Å². The molecule has 0 aliphatic rings. The smallest absolute Gasteiger partial charge is 0.258 e. The normalized spacial score (nSPS) is 10.5. The zero-order valence-corrected chi connectivity index (χ0v) is 14.0. The first-order chi connectivity index (χ1) is 9.79. The Balaban J connectivity index is 2.37. The van der Waals surface area contributed by atoms with Crippen LogP contribution >= 0.6 is 31.9 Å². The van der Waals surface area contributed by atoms with Gasteiger partial charge in [0.25, 0.3) is 5.91 Å². The van der Waals surface area contributed by atoms with Crippen molar-refractivity contribution in [3.8, 4) is 0 Å². The van der Waals surface area contributed by atoms with Gasteiger partial charge in [-0.05, 0) is 62.5 Å². The van der Waals surface area contributed by atoms with Gasteiger partial charge in [-0.3, -0.25) is 4.79 Å². The van der Waals surface area contributed by atoms with E-state index in [0.29, 0.717) is 26.4 Å². The molecule has 0 fully saturated rings. The lowest BCUT2D eigenvalue weighted by atomic mass is 10.1. The maximum absolute atomic E-state index is 13.7. The SMILES string of the molecule is Cc1cc(C(=O)Nc2c(Br)cc(N)cc2Br)c(F)cc1F. The summed E-state index contributed by atoms with van der Waals surface area (Å²) in [6.45, 7) is 1.46. The first-order valence-corrected chi connectivity index (χ1v) is 7.39. The number of nitrogens with one attached hydrogen (secondary N) is 1. The molecule has 0 heterocycles. The van der Waals surface area contributed by atoms with Gasteiger partial charge in [0.1, 0.15) is 11.6 Å². The third kappa shape index (κ3) is 3.41. The first-order valence-electron chi connectivity index (χ1n) is 5.81. The van der Waals surface area contributed by atoms with Gasteiger partial charge in [0, 0.05) is 20.7 Å². The molecular formula is C14H10Br2F2N2O. The summed E-state index contributed by atoms with van der Waals surface area (Å²) in [5.41, 5.74) is 6.52. The molecule has 0 spiro atoms. The molecule has 0 bridgehead atoms. The average Bonchev–Trinajstić information content (AvgIpc) is 2.37. The number of nitrogen functional groups attached to an aromatic ring is 1. The van der Waals surface area contributed by atoms with Crippen molar-refractivity contribution < 1.29 is 13.6 Å². The molecule has 2 aromatic rings. The van der Waals surface area contributed by atoms with E-state index in [1.165, 1.54) is 13.0 Å². The summed E-state index contributed by atoms with van der Waals surface area (Å²) in [6, 6.07) is 5.07. The molecule has 3 N–H and O–H groups in total.